The van der Waals surface area contributed by atoms with Gasteiger partial charge in [-0.05, 0) is 91.4 Å². The van der Waals surface area contributed by atoms with Crippen LogP contribution in [0.4, 0.5) is 5.82 Å². The van der Waals surface area contributed by atoms with Crippen molar-refractivity contribution in [3.63, 3.8) is 0 Å². The number of pyridine rings is 1. The number of aliphatic hydroxyl groups is 4. The molecule has 8 amide bonds. The largest absolute Gasteiger partial charge is 7.00 e. The minimum atomic E-state index is -2.17. The monoisotopic (exact) mass is 1500 g/mol. The molecule has 0 saturated carbocycles. The summed E-state index contributed by atoms with van der Waals surface area (Å²) in [6, 6.07) is 14.8. The maximum absolute atomic E-state index is 15.1. The minimum absolute atomic E-state index is 0. The summed E-state index contributed by atoms with van der Waals surface area (Å²) >= 11 is 9.97. The smallest absolute Gasteiger partial charge is 0.480 e. The van der Waals surface area contributed by atoms with Gasteiger partial charge < -0.3 is 100.0 Å². The average molecular weight is 1500 g/mol. The van der Waals surface area contributed by atoms with Gasteiger partial charge in [0.25, 0.3) is 5.91 Å². The molecule has 0 radical (unpaired) electrons. The first-order chi connectivity index (χ1) is 46.4. The van der Waals surface area contributed by atoms with E-state index in [1.165, 1.54) is 43.5 Å². The fourth-order valence-corrected chi connectivity index (χ4v) is 11.2. The van der Waals surface area contributed by atoms with Gasteiger partial charge in [0.05, 0.1) is 30.9 Å². The number of nitrogen functional groups attached to an aromatic ring is 1. The Kier molecular flexibility index (Phi) is 35.8. The van der Waals surface area contributed by atoms with Crippen molar-refractivity contribution in [3.05, 3.63) is 131 Å². The summed E-state index contributed by atoms with van der Waals surface area (Å²) in [5.74, 6) is -3.59. The maximum Gasteiger partial charge on any atom is 7.00 e. The molecule has 31 nitrogen and oxygen atoms in total. The molecule has 10 atom stereocenters. The zero-order valence-corrected chi connectivity index (χ0v) is 57.9. The van der Waals surface area contributed by atoms with Crippen molar-refractivity contribution in [2.24, 2.45) is 11.6 Å². The topological polar surface area (TPSA) is 505 Å². The molecule has 0 aliphatic rings. The number of thiol groups is 2. The van der Waals surface area contributed by atoms with Crippen molar-refractivity contribution >= 4 is 123 Å². The van der Waals surface area contributed by atoms with E-state index in [9.17, 15) is 63.6 Å². The number of fused-ring (bicyclic) bond motifs is 2. The molecule has 526 valence electrons. The van der Waals surface area contributed by atoms with Crippen molar-refractivity contribution in [3.8, 4) is 0 Å². The number of hydrogen-bond acceptors (Lipinski definition) is 23. The fraction of sp³-hybridized carbons (Fsp3) is 0.413. The van der Waals surface area contributed by atoms with Gasteiger partial charge in [0.2, 0.25) is 41.4 Å². The number of unbranched alkanes of at least 4 members (excludes halogenated alkanes) is 1. The summed E-state index contributed by atoms with van der Waals surface area (Å²) in [6.45, 7) is 3.30. The quantitative estimate of drug-likeness (QED) is 0.00633. The van der Waals surface area contributed by atoms with Crippen LogP contribution in [-0.2, 0) is 82.5 Å². The predicted molar refractivity (Wildman–Crippen MR) is 368 cm³/mol. The van der Waals surface area contributed by atoms with E-state index in [-0.39, 0.29) is 88.9 Å². The normalized spacial score (nSPS) is 14.1. The number of aromatic nitrogens is 2. The molecule has 0 aliphatic heterocycles. The molecule has 22 N–H and O–H groups in total. The van der Waals surface area contributed by atoms with Crippen LogP contribution in [0.25, 0.3) is 21.0 Å². The molecule has 0 spiro atoms. The molecule has 3 heterocycles. The number of aliphatic carboxylic acids is 2. The Morgan fingerprint density at radius 2 is 1.07 bits per heavy atom. The number of hydrazine groups is 1. The summed E-state index contributed by atoms with van der Waals surface area (Å²) in [7, 11) is 0. The van der Waals surface area contributed by atoms with Crippen LogP contribution in [0.1, 0.15) is 60.2 Å². The van der Waals surface area contributed by atoms with Crippen LogP contribution >= 0.6 is 36.6 Å². The zero-order valence-electron chi connectivity index (χ0n) is 53.5. The number of H-pyrrole nitrogens is 1. The summed E-state index contributed by atoms with van der Waals surface area (Å²) in [5, 5.41) is 85.9. The molecule has 3 aromatic heterocycles. The van der Waals surface area contributed by atoms with Crippen LogP contribution in [0.2, 0.25) is 0 Å². The molecule has 6 rings (SSSR count). The van der Waals surface area contributed by atoms with Crippen LogP contribution in [0.3, 0.4) is 0 Å². The number of nitrogens with zero attached hydrogens (tertiary/aromatic N) is 1. The summed E-state index contributed by atoms with van der Waals surface area (Å²) in [4.78, 5) is 141. The van der Waals surface area contributed by atoms with E-state index >= 15 is 4.79 Å². The standard InChI is InChI=1S/C57H73N13O12S3.C6H12N2O4.Tc/c1-30(71)47(56(80)67-44(28-84)55(79)69-48(31(2)72)57(81)82)68-50(74)39(17-10-11-21-58)62-52(76)41(23-34-26-60-38-16-8-6-14-36(34)38)64-53(77)42(24-35-29-85-45-18-9-7-15-37(35)45)65-54(78)43(27-83)66-51(75)40(22-32-12-4-3-5-13-32)63-49(73)33-19-20-46(70-59)61-25-33;9-5(10)3-7-1-2-8-4-6(11)12;/h3-9,12-16,18-20,25-26,29-31,39-44,47-48,57,60,71-72,81-84H,10-11,17,21-24,27-28,58-59H2,1-2H3,(H,61,70)(H,62,76)(H,63,73)(H,64,77)(H,65,78)(H,66,75)(H,67,80)(H,68,74)(H,69,79);7-8H,1-4H2,(H,9,10)(H,11,12);/q;;+7/t30-,31-,39+,40-,41-,42+,43+,44+,47+,48+;;/m1../s1. The van der Waals surface area contributed by atoms with Crippen molar-refractivity contribution in [2.75, 3.05) is 49.7 Å². The molecule has 0 aliphatic carbocycles. The number of carboxylic acids is 2. The van der Waals surface area contributed by atoms with Gasteiger partial charge in [-0.1, -0.05) is 66.7 Å². The number of hydrogen-bond donors (Lipinski definition) is 22. The average Bonchev–Trinajstić information content (AvgIpc) is 1.64. The van der Waals surface area contributed by atoms with Gasteiger partial charge in [-0.15, -0.1) is 11.3 Å². The molecule has 3 aromatic carbocycles. The second kappa shape index (κ2) is 42.6. The number of aromatic amines is 1. The van der Waals surface area contributed by atoms with Crippen molar-refractivity contribution in [1.82, 2.24) is 63.1 Å². The second-order valence-corrected chi connectivity index (χ2v) is 24.0. The van der Waals surface area contributed by atoms with E-state index < -0.39 is 126 Å². The number of amides is 8. The van der Waals surface area contributed by atoms with Gasteiger partial charge >= 0.3 is 32.0 Å². The Morgan fingerprint density at radius 1 is 0.561 bits per heavy atom. The molecule has 0 saturated heterocycles. The van der Waals surface area contributed by atoms with Gasteiger partial charge in [0.1, 0.15) is 54.2 Å². The van der Waals surface area contributed by atoms with Crippen LogP contribution in [-0.4, -0.2) is 211 Å². The third kappa shape index (κ3) is 26.6. The van der Waals surface area contributed by atoms with Crippen LogP contribution in [0.15, 0.2) is 109 Å². The van der Waals surface area contributed by atoms with Gasteiger partial charge in [-0.3, -0.25) is 47.9 Å². The first-order valence-corrected chi connectivity index (χ1v) is 32.9. The van der Waals surface area contributed by atoms with Crippen molar-refractivity contribution in [1.29, 1.82) is 0 Å². The predicted octanol–water partition coefficient (Wildman–Crippen LogP) is -2.32. The summed E-state index contributed by atoms with van der Waals surface area (Å²) in [6.07, 6.45) is -1.86. The van der Waals surface area contributed by atoms with Gasteiger partial charge in [0, 0.05) is 71.9 Å². The molecule has 35 heteroatoms. The van der Waals surface area contributed by atoms with Gasteiger partial charge in [-0.25, -0.2) is 10.8 Å². The summed E-state index contributed by atoms with van der Waals surface area (Å²) in [5.41, 5.74) is 11.0. The number of carbonyl (C=O) groups excluding carboxylic acids is 8. The molecule has 98 heavy (non-hydrogen) atoms. The number of para-hydroxylation sites is 1. The Hall–Kier alpha value is -8.16. The summed E-state index contributed by atoms with van der Waals surface area (Å²) < 4.78 is 0.889. The number of nitrogens with one attached hydrogen (secondary N) is 12. The number of thiophene rings is 1. The molecular weight excluding hydrogens is 1420 g/mol. The molecule has 6 aromatic rings. The number of anilines is 1. The van der Waals surface area contributed by atoms with Crippen molar-refractivity contribution < 1.29 is 98.7 Å². The van der Waals surface area contributed by atoms with E-state index in [4.69, 9.17) is 21.8 Å². The van der Waals surface area contributed by atoms with E-state index in [1.54, 1.807) is 42.6 Å². The molecule has 0 bridgehead atoms. The van der Waals surface area contributed by atoms with Crippen LogP contribution < -0.4 is 70.2 Å². The fourth-order valence-electron chi connectivity index (χ4n) is 9.70. The minimum Gasteiger partial charge on any atom is -0.480 e. The number of nitrogens with two attached hydrogens (primary N) is 2. The van der Waals surface area contributed by atoms with E-state index in [2.05, 4.69) is 93.8 Å². The molecular formula is C63H85N15O16S3Tc+7. The van der Waals surface area contributed by atoms with Crippen LogP contribution in [0, 0.1) is 0 Å². The maximum atomic E-state index is 15.1. The SMILES string of the molecule is C[C@@H](O)[C@H](NC(=O)[C@H](CCCCN)NC(=O)[C@@H](Cc1c[nH]c2ccccc12)NC(=O)[C@H](Cc1csc2ccccc12)NC(=O)[C@H](CS)NC(=O)[C@@H](Cc1ccccc1)NC(=O)c1ccc(NN)nc1)C(=O)N[C@@H](CS)C(=O)N[C@H](C(O)O)[C@@H](C)O.O=C(O)CNCCNCC(=O)O.[Tc+7]. The second-order valence-electron chi connectivity index (χ2n) is 22.3. The third-order valence-electron chi connectivity index (χ3n) is 14.9. The van der Waals surface area contributed by atoms with Crippen LogP contribution in [0.5, 0.6) is 0 Å². The van der Waals surface area contributed by atoms with E-state index in [0.717, 1.165) is 10.1 Å². The Labute approximate surface area is 592 Å². The number of carbonyl (C=O) groups is 10. The number of carboxylic acid groups (broad SMARTS) is 2. The number of aliphatic hydroxyl groups excluding tert-OH is 3. The Balaban J connectivity index is 0.00000142. The third-order valence-corrected chi connectivity index (χ3v) is 16.6. The van der Waals surface area contributed by atoms with Gasteiger partial charge in [-0.2, -0.15) is 25.3 Å². The number of benzene rings is 3. The van der Waals surface area contributed by atoms with Gasteiger partial charge in [0.15, 0.2) is 6.29 Å². The Bertz CT molecular complexity index is 3550. The first kappa shape index (κ1) is 82.3. The zero-order chi connectivity index (χ0) is 71.1. The van der Waals surface area contributed by atoms with E-state index in [1.807, 2.05) is 47.8 Å². The number of rotatable bonds is 39. The molecule has 0 fully saturated rings. The van der Waals surface area contributed by atoms with E-state index in [0.29, 0.717) is 52.9 Å². The Morgan fingerprint density at radius 3 is 1.61 bits per heavy atom. The molecule has 0 unspecified atom stereocenters. The first-order valence-electron chi connectivity index (χ1n) is 30.8. The van der Waals surface area contributed by atoms with Crippen molar-refractivity contribution in [2.45, 2.75) is 119 Å².